The highest BCUT2D eigenvalue weighted by Crippen LogP contribution is 2.10. The molecule has 1 aromatic rings. The smallest absolute Gasteiger partial charge is 0.240 e. The zero-order chi connectivity index (χ0) is 15.7. The van der Waals surface area contributed by atoms with Crippen LogP contribution in [-0.2, 0) is 21.2 Å². The first-order valence-electron chi connectivity index (χ1n) is 7.23. The summed E-state index contributed by atoms with van der Waals surface area (Å²) in [5.41, 5.74) is 0.915. The molecule has 0 bridgehead atoms. The molecule has 2 N–H and O–H groups in total. The summed E-state index contributed by atoms with van der Waals surface area (Å²) >= 11 is 0. The summed E-state index contributed by atoms with van der Waals surface area (Å²) in [6, 6.07) is 6.55. The van der Waals surface area contributed by atoms with E-state index in [2.05, 4.69) is 18.6 Å². The molecular weight excluding hydrogens is 290 g/mol. The van der Waals surface area contributed by atoms with Crippen LogP contribution in [0.5, 0.6) is 0 Å². The van der Waals surface area contributed by atoms with Crippen molar-refractivity contribution in [2.45, 2.75) is 31.6 Å². The molecule has 0 saturated heterocycles. The van der Waals surface area contributed by atoms with Gasteiger partial charge in [-0.25, -0.2) is 13.1 Å². The number of aliphatic hydroxyl groups is 1. The van der Waals surface area contributed by atoms with Crippen LogP contribution in [0.3, 0.4) is 0 Å². The Kier molecular flexibility index (Phi) is 7.88. The minimum atomic E-state index is -3.46. The second-order valence-electron chi connectivity index (χ2n) is 5.34. The Morgan fingerprint density at radius 2 is 1.90 bits per heavy atom. The van der Waals surface area contributed by atoms with Gasteiger partial charge in [-0.1, -0.05) is 26.0 Å². The molecule has 0 spiro atoms. The first-order chi connectivity index (χ1) is 9.95. The Morgan fingerprint density at radius 1 is 1.24 bits per heavy atom. The predicted octanol–water partition coefficient (Wildman–Crippen LogP) is 1.56. The first-order valence-corrected chi connectivity index (χ1v) is 8.71. The van der Waals surface area contributed by atoms with Crippen LogP contribution in [0.2, 0.25) is 0 Å². The van der Waals surface area contributed by atoms with E-state index in [1.54, 1.807) is 24.3 Å². The molecule has 0 unspecified atom stereocenters. The lowest BCUT2D eigenvalue weighted by Gasteiger charge is -2.09. The van der Waals surface area contributed by atoms with Gasteiger partial charge in [0.25, 0.3) is 0 Å². The Labute approximate surface area is 127 Å². The van der Waals surface area contributed by atoms with E-state index in [1.165, 1.54) is 0 Å². The van der Waals surface area contributed by atoms with Crippen molar-refractivity contribution in [3.8, 4) is 0 Å². The molecule has 120 valence electrons. The summed E-state index contributed by atoms with van der Waals surface area (Å²) < 4.78 is 32.0. The van der Waals surface area contributed by atoms with Crippen LogP contribution in [0.4, 0.5) is 0 Å². The van der Waals surface area contributed by atoms with Gasteiger partial charge in [-0.3, -0.25) is 0 Å². The van der Waals surface area contributed by atoms with E-state index in [9.17, 15) is 8.42 Å². The van der Waals surface area contributed by atoms with Crippen LogP contribution in [0.1, 0.15) is 25.8 Å². The summed E-state index contributed by atoms with van der Waals surface area (Å²) in [5, 5.41) is 8.83. The molecule has 0 amide bonds. The summed E-state index contributed by atoms with van der Waals surface area (Å²) in [7, 11) is -3.46. The minimum Gasteiger partial charge on any atom is -0.396 e. The van der Waals surface area contributed by atoms with Crippen LogP contribution < -0.4 is 4.72 Å². The fourth-order valence-corrected chi connectivity index (χ4v) is 2.82. The lowest BCUT2D eigenvalue weighted by atomic mass is 10.2. The minimum absolute atomic E-state index is 0.0563. The van der Waals surface area contributed by atoms with E-state index in [0.717, 1.165) is 5.56 Å². The molecule has 0 aliphatic carbocycles. The molecule has 1 rings (SSSR count). The molecule has 5 nitrogen and oxygen atoms in total. The van der Waals surface area contributed by atoms with Crippen LogP contribution in [0.15, 0.2) is 29.2 Å². The molecule has 21 heavy (non-hydrogen) atoms. The largest absolute Gasteiger partial charge is 0.396 e. The van der Waals surface area contributed by atoms with E-state index in [0.29, 0.717) is 38.5 Å². The highest BCUT2D eigenvalue weighted by atomic mass is 32.2. The number of benzene rings is 1. The predicted molar refractivity (Wildman–Crippen MR) is 82.7 cm³/mol. The van der Waals surface area contributed by atoms with Crippen LogP contribution >= 0.6 is 0 Å². The Hall–Kier alpha value is -0.950. The second kappa shape index (κ2) is 9.15. The molecule has 0 aromatic heterocycles. The summed E-state index contributed by atoms with van der Waals surface area (Å²) in [6.45, 7) is 5.81. The summed E-state index contributed by atoms with van der Waals surface area (Å²) in [6.07, 6.45) is 1.18. The van der Waals surface area contributed by atoms with Crippen molar-refractivity contribution < 1.29 is 18.3 Å². The number of ether oxygens (including phenoxy) is 1. The van der Waals surface area contributed by atoms with Crippen molar-refractivity contribution in [2.75, 3.05) is 26.4 Å². The van der Waals surface area contributed by atoms with Crippen molar-refractivity contribution in [1.82, 2.24) is 4.72 Å². The van der Waals surface area contributed by atoms with Gasteiger partial charge in [0.1, 0.15) is 0 Å². The molecule has 6 heteroatoms. The topological polar surface area (TPSA) is 75.6 Å². The molecule has 0 fully saturated rings. The number of sulfonamides is 1. The zero-order valence-electron chi connectivity index (χ0n) is 12.7. The van der Waals surface area contributed by atoms with Gasteiger partial charge in [0.05, 0.1) is 4.90 Å². The fourth-order valence-electron chi connectivity index (χ4n) is 1.75. The van der Waals surface area contributed by atoms with E-state index in [-0.39, 0.29) is 11.5 Å². The van der Waals surface area contributed by atoms with Gasteiger partial charge < -0.3 is 9.84 Å². The van der Waals surface area contributed by atoms with Crippen molar-refractivity contribution in [1.29, 1.82) is 0 Å². The summed E-state index contributed by atoms with van der Waals surface area (Å²) in [4.78, 5) is 0.243. The van der Waals surface area contributed by atoms with Crippen molar-refractivity contribution in [3.05, 3.63) is 29.8 Å². The number of hydrogen-bond acceptors (Lipinski definition) is 4. The van der Waals surface area contributed by atoms with Crippen LogP contribution in [-0.4, -0.2) is 39.9 Å². The van der Waals surface area contributed by atoms with Gasteiger partial charge >= 0.3 is 0 Å². The van der Waals surface area contributed by atoms with Crippen LogP contribution in [0.25, 0.3) is 0 Å². The Bertz CT molecular complexity index is 497. The van der Waals surface area contributed by atoms with E-state index in [4.69, 9.17) is 9.84 Å². The maximum Gasteiger partial charge on any atom is 0.240 e. The van der Waals surface area contributed by atoms with Crippen LogP contribution in [0, 0.1) is 5.92 Å². The lowest BCUT2D eigenvalue weighted by molar-refractivity contribution is 0.108. The molecule has 1 aromatic carbocycles. The Morgan fingerprint density at radius 3 is 2.48 bits per heavy atom. The molecule has 0 saturated carbocycles. The van der Waals surface area contributed by atoms with Crippen molar-refractivity contribution in [2.24, 2.45) is 5.92 Å². The van der Waals surface area contributed by atoms with Gasteiger partial charge in [0.2, 0.25) is 10.0 Å². The van der Waals surface area contributed by atoms with Crippen molar-refractivity contribution >= 4 is 10.0 Å². The SMILES string of the molecule is CC(C)COCCCNS(=O)(=O)c1ccc(CCO)cc1. The molecule has 0 aliphatic rings. The molecule has 0 radical (unpaired) electrons. The van der Waals surface area contributed by atoms with E-state index >= 15 is 0 Å². The average molecular weight is 315 g/mol. The normalized spacial score (nSPS) is 12.0. The maximum atomic E-state index is 12.0. The monoisotopic (exact) mass is 315 g/mol. The van der Waals surface area contributed by atoms with Gasteiger partial charge in [0, 0.05) is 26.4 Å². The van der Waals surface area contributed by atoms with Gasteiger partial charge in [-0.2, -0.15) is 0 Å². The zero-order valence-corrected chi connectivity index (χ0v) is 13.5. The van der Waals surface area contributed by atoms with Gasteiger partial charge in [-0.15, -0.1) is 0 Å². The molecule has 0 atom stereocenters. The van der Waals surface area contributed by atoms with Gasteiger partial charge in [-0.05, 0) is 36.5 Å². The Balaban J connectivity index is 2.39. The third-order valence-corrected chi connectivity index (χ3v) is 4.32. The fraction of sp³-hybridized carbons (Fsp3) is 0.600. The van der Waals surface area contributed by atoms with Crippen molar-refractivity contribution in [3.63, 3.8) is 0 Å². The van der Waals surface area contributed by atoms with E-state index in [1.807, 2.05) is 0 Å². The second-order valence-corrected chi connectivity index (χ2v) is 7.10. The average Bonchev–Trinajstić information content (AvgIpc) is 2.43. The molecule has 0 heterocycles. The lowest BCUT2D eigenvalue weighted by Crippen LogP contribution is -2.25. The highest BCUT2D eigenvalue weighted by molar-refractivity contribution is 7.89. The standard InChI is InChI=1S/C15H25NO4S/c1-13(2)12-20-11-3-9-16-21(18,19)15-6-4-14(5-7-15)8-10-17/h4-7,13,16-17H,3,8-12H2,1-2H3. The quantitative estimate of drug-likeness (QED) is 0.643. The summed E-state index contributed by atoms with van der Waals surface area (Å²) in [5.74, 6) is 0.485. The molecular formula is C15H25NO4S. The third kappa shape index (κ3) is 7.04. The highest BCUT2D eigenvalue weighted by Gasteiger charge is 2.12. The number of rotatable bonds is 10. The number of aliphatic hydroxyl groups excluding tert-OH is 1. The molecule has 0 aliphatic heterocycles. The number of nitrogens with one attached hydrogen (secondary N) is 1. The third-order valence-electron chi connectivity index (χ3n) is 2.84. The van der Waals surface area contributed by atoms with E-state index < -0.39 is 10.0 Å². The first kappa shape index (κ1) is 18.1. The maximum absolute atomic E-state index is 12.0. The number of hydrogen-bond donors (Lipinski definition) is 2. The van der Waals surface area contributed by atoms with Gasteiger partial charge in [0.15, 0.2) is 0 Å².